The van der Waals surface area contributed by atoms with Crippen molar-refractivity contribution in [1.29, 1.82) is 5.26 Å². The van der Waals surface area contributed by atoms with Crippen LogP contribution in [0.1, 0.15) is 20.7 Å². The molecule has 6 nitrogen and oxygen atoms in total. The van der Waals surface area contributed by atoms with Gasteiger partial charge in [-0.05, 0) is 36.4 Å². The number of nitriles is 1. The molecule has 1 aromatic heterocycles. The lowest BCUT2D eigenvalue weighted by molar-refractivity contribution is 0.0581. The van der Waals surface area contributed by atoms with Gasteiger partial charge < -0.3 is 4.90 Å². The number of halogens is 2. The molecule has 190 valence electrons. The Morgan fingerprint density at radius 2 is 1.53 bits per heavy atom. The zero-order valence-electron chi connectivity index (χ0n) is 20.2. The third-order valence-electron chi connectivity index (χ3n) is 6.46. The Balaban J connectivity index is 1.44. The maximum absolute atomic E-state index is 15.0. The summed E-state index contributed by atoms with van der Waals surface area (Å²) in [5, 5.41) is 9.90. The van der Waals surface area contributed by atoms with E-state index in [2.05, 4.69) is 11.1 Å². The Morgan fingerprint density at radius 1 is 0.895 bits per heavy atom. The predicted molar refractivity (Wildman–Crippen MR) is 140 cm³/mol. The average molecular weight is 529 g/mol. The quantitative estimate of drug-likeness (QED) is 0.320. The predicted octanol–water partition coefficient (Wildman–Crippen LogP) is 5.20. The molecule has 1 amide bonds. The van der Waals surface area contributed by atoms with E-state index >= 15 is 4.39 Å². The van der Waals surface area contributed by atoms with Gasteiger partial charge in [-0.2, -0.15) is 5.26 Å². The van der Waals surface area contributed by atoms with Crippen LogP contribution >= 0.6 is 11.8 Å². The number of ketones is 1. The number of carbonyl (C=O) groups excluding carboxylic acids is 2. The van der Waals surface area contributed by atoms with Crippen molar-refractivity contribution >= 4 is 34.4 Å². The minimum atomic E-state index is -1.17. The number of carbonyl (C=O) groups is 2. The highest BCUT2D eigenvalue weighted by Gasteiger charge is 2.33. The summed E-state index contributed by atoms with van der Waals surface area (Å²) in [6.45, 7) is 1.32. The van der Waals surface area contributed by atoms with Crippen molar-refractivity contribution in [3.63, 3.8) is 0 Å². The van der Waals surface area contributed by atoms with Gasteiger partial charge in [0, 0.05) is 47.7 Å². The van der Waals surface area contributed by atoms with E-state index in [4.69, 9.17) is 0 Å². The summed E-state index contributed by atoms with van der Waals surface area (Å²) < 4.78 is 29.6. The molecule has 1 saturated heterocycles. The highest BCUT2D eigenvalue weighted by atomic mass is 32.2. The Hall–Kier alpha value is -4.13. The van der Waals surface area contributed by atoms with E-state index in [0.717, 1.165) is 28.8 Å². The number of aromatic nitrogens is 1. The van der Waals surface area contributed by atoms with Gasteiger partial charge in [-0.15, -0.1) is 0 Å². The molecule has 0 spiro atoms. The van der Waals surface area contributed by atoms with Crippen molar-refractivity contribution in [2.45, 2.75) is 15.8 Å². The van der Waals surface area contributed by atoms with Crippen molar-refractivity contribution in [2.24, 2.45) is 0 Å². The molecule has 4 aromatic rings. The Labute approximate surface area is 222 Å². The number of rotatable bonds is 6. The van der Waals surface area contributed by atoms with E-state index < -0.39 is 23.5 Å². The second-order valence-corrected chi connectivity index (χ2v) is 9.84. The normalized spacial score (nSPS) is 14.7. The van der Waals surface area contributed by atoms with Crippen LogP contribution < -0.4 is 0 Å². The van der Waals surface area contributed by atoms with Crippen LogP contribution in [-0.2, 0) is 0 Å². The zero-order valence-corrected chi connectivity index (χ0v) is 21.0. The number of nitrogens with zero attached hydrogens (tertiary/aromatic N) is 4. The molecule has 0 N–H and O–H groups in total. The van der Waals surface area contributed by atoms with Crippen LogP contribution in [0.15, 0.2) is 88.8 Å². The van der Waals surface area contributed by atoms with Gasteiger partial charge in [0.15, 0.2) is 11.8 Å². The number of piperazine rings is 1. The van der Waals surface area contributed by atoms with Crippen LogP contribution in [-0.4, -0.2) is 58.7 Å². The van der Waals surface area contributed by atoms with Crippen LogP contribution in [0.4, 0.5) is 8.78 Å². The molecule has 38 heavy (non-hydrogen) atoms. The number of benzene rings is 3. The first-order chi connectivity index (χ1) is 18.5. The fourth-order valence-electron chi connectivity index (χ4n) is 4.49. The maximum Gasteiger partial charge on any atom is 0.253 e. The molecule has 3 aromatic carbocycles. The Kier molecular flexibility index (Phi) is 7.45. The number of amides is 1. The van der Waals surface area contributed by atoms with Gasteiger partial charge in [0.2, 0.25) is 0 Å². The molecule has 0 aliphatic carbocycles. The molecule has 1 aliphatic rings. The van der Waals surface area contributed by atoms with E-state index in [1.165, 1.54) is 6.20 Å². The standard InChI is InChI=1S/C29H22F2N4O2S/c30-22-11-12-23(31)26-25(22)28(38-20-9-5-2-6-10-20)21(18-33-26)27(36)24(17-32)34-13-15-35(16-14-34)29(37)19-7-3-1-4-8-19/h1-12,18,24H,13-16H2. The molecule has 1 atom stereocenters. The molecule has 0 radical (unpaired) electrons. The Bertz CT molecular complexity index is 1540. The second-order valence-electron chi connectivity index (χ2n) is 8.76. The van der Waals surface area contributed by atoms with Gasteiger partial charge >= 0.3 is 0 Å². The van der Waals surface area contributed by atoms with Crippen LogP contribution in [0.5, 0.6) is 0 Å². The minimum Gasteiger partial charge on any atom is -0.336 e. The van der Waals surface area contributed by atoms with Crippen LogP contribution in [0.25, 0.3) is 10.9 Å². The van der Waals surface area contributed by atoms with Gasteiger partial charge in [0.1, 0.15) is 17.2 Å². The van der Waals surface area contributed by atoms with Crippen LogP contribution in [0.2, 0.25) is 0 Å². The number of Topliss-reactive ketones (excluding diaryl/α,β-unsaturated/α-hetero) is 1. The van der Waals surface area contributed by atoms with E-state index in [-0.39, 0.29) is 27.3 Å². The summed E-state index contributed by atoms with van der Waals surface area (Å²) in [6.07, 6.45) is 1.22. The SMILES string of the molecule is N#CC(C(=O)c1cnc2c(F)ccc(F)c2c1Sc1ccccc1)N1CCN(C(=O)c2ccccc2)CC1. The highest BCUT2D eigenvalue weighted by Crippen LogP contribution is 2.38. The lowest BCUT2D eigenvalue weighted by atomic mass is 10.0. The van der Waals surface area contributed by atoms with E-state index in [1.54, 1.807) is 58.3 Å². The fraction of sp³-hybridized carbons (Fsp3) is 0.172. The van der Waals surface area contributed by atoms with Crippen molar-refractivity contribution in [3.05, 3.63) is 102 Å². The van der Waals surface area contributed by atoms with Gasteiger partial charge in [-0.25, -0.2) is 8.78 Å². The van der Waals surface area contributed by atoms with E-state index in [1.807, 2.05) is 12.1 Å². The van der Waals surface area contributed by atoms with E-state index in [9.17, 15) is 19.2 Å². The number of hydrogen-bond acceptors (Lipinski definition) is 6. The summed E-state index contributed by atoms with van der Waals surface area (Å²) in [6, 6.07) is 20.9. The molecule has 0 bridgehead atoms. The first kappa shape index (κ1) is 25.5. The zero-order chi connectivity index (χ0) is 26.6. The maximum atomic E-state index is 15.0. The first-order valence-corrected chi connectivity index (χ1v) is 12.8. The van der Waals surface area contributed by atoms with Crippen molar-refractivity contribution in [3.8, 4) is 6.07 Å². The average Bonchev–Trinajstić information content (AvgIpc) is 2.96. The van der Waals surface area contributed by atoms with Gasteiger partial charge in [-0.1, -0.05) is 48.2 Å². The molecular weight excluding hydrogens is 506 g/mol. The van der Waals surface area contributed by atoms with Gasteiger partial charge in [0.25, 0.3) is 5.91 Å². The number of pyridine rings is 1. The van der Waals surface area contributed by atoms with Gasteiger partial charge in [0.05, 0.1) is 17.0 Å². The second kappa shape index (κ2) is 11.1. The van der Waals surface area contributed by atoms with E-state index in [0.29, 0.717) is 31.7 Å². The fourth-order valence-corrected chi connectivity index (χ4v) is 5.58. The smallest absolute Gasteiger partial charge is 0.253 e. The van der Waals surface area contributed by atoms with Gasteiger partial charge in [-0.3, -0.25) is 19.5 Å². The minimum absolute atomic E-state index is 0.0465. The summed E-state index contributed by atoms with van der Waals surface area (Å²) in [5.74, 6) is -2.07. The molecule has 0 saturated carbocycles. The highest BCUT2D eigenvalue weighted by molar-refractivity contribution is 7.99. The summed E-state index contributed by atoms with van der Waals surface area (Å²) >= 11 is 1.12. The third kappa shape index (κ3) is 5.01. The lowest BCUT2D eigenvalue weighted by Crippen LogP contribution is -2.53. The third-order valence-corrected chi connectivity index (χ3v) is 7.59. The molecular formula is C29H22F2N4O2S. The molecule has 5 rings (SSSR count). The molecule has 1 fully saturated rings. The van der Waals surface area contributed by atoms with Crippen molar-refractivity contribution in [1.82, 2.24) is 14.8 Å². The van der Waals surface area contributed by atoms with Crippen molar-refractivity contribution < 1.29 is 18.4 Å². The largest absolute Gasteiger partial charge is 0.336 e. The summed E-state index contributed by atoms with van der Waals surface area (Å²) in [4.78, 5) is 34.9. The topological polar surface area (TPSA) is 77.3 Å². The lowest BCUT2D eigenvalue weighted by Gasteiger charge is -2.36. The summed E-state index contributed by atoms with van der Waals surface area (Å²) in [5.41, 5.74) is 0.444. The number of hydrogen-bond donors (Lipinski definition) is 0. The van der Waals surface area contributed by atoms with Crippen LogP contribution in [0, 0.1) is 23.0 Å². The molecule has 2 heterocycles. The molecule has 9 heteroatoms. The first-order valence-electron chi connectivity index (χ1n) is 12.0. The molecule has 1 unspecified atom stereocenters. The van der Waals surface area contributed by atoms with Crippen LogP contribution in [0.3, 0.4) is 0 Å². The number of fused-ring (bicyclic) bond motifs is 1. The summed E-state index contributed by atoms with van der Waals surface area (Å²) in [7, 11) is 0. The van der Waals surface area contributed by atoms with Crippen molar-refractivity contribution in [2.75, 3.05) is 26.2 Å². The Morgan fingerprint density at radius 3 is 2.18 bits per heavy atom. The molecule has 1 aliphatic heterocycles. The monoisotopic (exact) mass is 528 g/mol.